The highest BCUT2D eigenvalue weighted by Crippen LogP contribution is 2.32. The van der Waals surface area contributed by atoms with E-state index in [0.717, 1.165) is 17.4 Å². The Labute approximate surface area is 120 Å². The molecule has 1 aliphatic carbocycles. The Morgan fingerprint density at radius 2 is 1.80 bits per heavy atom. The van der Waals surface area contributed by atoms with E-state index in [1.165, 1.54) is 30.0 Å². The minimum absolute atomic E-state index is 0.520. The summed E-state index contributed by atoms with van der Waals surface area (Å²) in [5.74, 6) is 2.49. The average Bonchev–Trinajstić information content (AvgIpc) is 2.45. The van der Waals surface area contributed by atoms with Gasteiger partial charge in [-0.15, -0.1) is 5.10 Å². The van der Waals surface area contributed by atoms with Crippen LogP contribution in [0.5, 0.6) is 0 Å². The summed E-state index contributed by atoms with van der Waals surface area (Å²) in [5, 5.41) is 14.7. The third-order valence-electron chi connectivity index (χ3n) is 4.63. The largest absolute Gasteiger partial charge is 0.365 e. The van der Waals surface area contributed by atoms with Crippen molar-refractivity contribution >= 4 is 16.6 Å². The maximum absolute atomic E-state index is 4.39. The lowest BCUT2D eigenvalue weighted by atomic mass is 9.80. The lowest BCUT2D eigenvalue weighted by Crippen LogP contribution is -2.33. The number of aryl methyl sites for hydroxylation is 1. The van der Waals surface area contributed by atoms with E-state index in [2.05, 4.69) is 53.6 Å². The zero-order valence-electron chi connectivity index (χ0n) is 12.6. The van der Waals surface area contributed by atoms with Crippen molar-refractivity contribution in [2.75, 3.05) is 5.32 Å². The summed E-state index contributed by atoms with van der Waals surface area (Å²) in [6.07, 6.45) is 3.83. The lowest BCUT2D eigenvalue weighted by Gasteiger charge is -2.33. The molecule has 1 aromatic carbocycles. The number of anilines is 1. The van der Waals surface area contributed by atoms with Gasteiger partial charge in [0.05, 0.1) is 5.69 Å². The van der Waals surface area contributed by atoms with Crippen LogP contribution in [0.1, 0.15) is 38.8 Å². The van der Waals surface area contributed by atoms with Crippen LogP contribution in [0.2, 0.25) is 0 Å². The molecule has 1 aliphatic rings. The molecule has 3 heteroatoms. The van der Waals surface area contributed by atoms with Crippen LogP contribution in [0.25, 0.3) is 10.8 Å². The van der Waals surface area contributed by atoms with Crippen LogP contribution in [0.3, 0.4) is 0 Å². The molecule has 1 saturated carbocycles. The number of fused-ring (bicyclic) bond motifs is 1. The molecule has 20 heavy (non-hydrogen) atoms. The molecular formula is C17H23N3. The quantitative estimate of drug-likeness (QED) is 0.889. The van der Waals surface area contributed by atoms with Crippen LogP contribution in [-0.2, 0) is 0 Å². The van der Waals surface area contributed by atoms with Crippen molar-refractivity contribution in [2.24, 2.45) is 11.8 Å². The SMILES string of the molecule is Cc1nnc(NC2CCC(C)CC2C)c2ccccc12. The van der Waals surface area contributed by atoms with Crippen molar-refractivity contribution in [1.82, 2.24) is 10.2 Å². The summed E-state index contributed by atoms with van der Waals surface area (Å²) in [5.41, 5.74) is 0.997. The lowest BCUT2D eigenvalue weighted by molar-refractivity contribution is 0.276. The topological polar surface area (TPSA) is 37.8 Å². The van der Waals surface area contributed by atoms with Crippen molar-refractivity contribution in [3.63, 3.8) is 0 Å². The number of nitrogens with zero attached hydrogens (tertiary/aromatic N) is 2. The van der Waals surface area contributed by atoms with Crippen molar-refractivity contribution in [1.29, 1.82) is 0 Å². The second kappa shape index (κ2) is 5.39. The second-order valence-electron chi connectivity index (χ2n) is 6.33. The summed E-state index contributed by atoms with van der Waals surface area (Å²) in [6, 6.07) is 8.91. The normalized spacial score (nSPS) is 26.6. The van der Waals surface area contributed by atoms with Gasteiger partial charge in [0.1, 0.15) is 0 Å². The molecule has 1 aromatic heterocycles. The van der Waals surface area contributed by atoms with Gasteiger partial charge >= 0.3 is 0 Å². The van der Waals surface area contributed by atoms with Crippen molar-refractivity contribution in [2.45, 2.75) is 46.1 Å². The Morgan fingerprint density at radius 1 is 1.05 bits per heavy atom. The first-order chi connectivity index (χ1) is 9.65. The van der Waals surface area contributed by atoms with Gasteiger partial charge in [0, 0.05) is 16.8 Å². The van der Waals surface area contributed by atoms with Gasteiger partial charge in [-0.3, -0.25) is 0 Å². The summed E-state index contributed by atoms with van der Waals surface area (Å²) < 4.78 is 0. The fourth-order valence-corrected chi connectivity index (χ4v) is 3.40. The van der Waals surface area contributed by atoms with Crippen LogP contribution >= 0.6 is 0 Å². The molecule has 0 spiro atoms. The maximum Gasteiger partial charge on any atom is 0.156 e. The van der Waals surface area contributed by atoms with Gasteiger partial charge in [0.15, 0.2) is 5.82 Å². The van der Waals surface area contributed by atoms with Gasteiger partial charge in [0.2, 0.25) is 0 Å². The maximum atomic E-state index is 4.39. The van der Waals surface area contributed by atoms with Crippen molar-refractivity contribution in [3.8, 4) is 0 Å². The fourth-order valence-electron chi connectivity index (χ4n) is 3.40. The van der Waals surface area contributed by atoms with Gasteiger partial charge in [-0.2, -0.15) is 5.10 Å². The molecule has 1 fully saturated rings. The van der Waals surface area contributed by atoms with Crippen molar-refractivity contribution in [3.05, 3.63) is 30.0 Å². The summed E-state index contributed by atoms with van der Waals surface area (Å²) >= 11 is 0. The summed E-state index contributed by atoms with van der Waals surface area (Å²) in [4.78, 5) is 0. The summed E-state index contributed by atoms with van der Waals surface area (Å²) in [6.45, 7) is 6.72. The van der Waals surface area contributed by atoms with Crippen LogP contribution in [0, 0.1) is 18.8 Å². The number of nitrogens with one attached hydrogen (secondary N) is 1. The first-order valence-corrected chi connectivity index (χ1v) is 7.63. The molecule has 3 atom stereocenters. The van der Waals surface area contributed by atoms with Gasteiger partial charge in [0.25, 0.3) is 0 Å². The van der Waals surface area contributed by atoms with Gasteiger partial charge in [-0.1, -0.05) is 38.1 Å². The highest BCUT2D eigenvalue weighted by Gasteiger charge is 2.26. The number of hydrogen-bond donors (Lipinski definition) is 1. The van der Waals surface area contributed by atoms with Gasteiger partial charge in [-0.05, 0) is 38.0 Å². The van der Waals surface area contributed by atoms with E-state index in [-0.39, 0.29) is 0 Å². The first kappa shape index (κ1) is 13.3. The first-order valence-electron chi connectivity index (χ1n) is 7.63. The van der Waals surface area contributed by atoms with Crippen LogP contribution in [0.4, 0.5) is 5.82 Å². The molecule has 3 rings (SSSR count). The molecular weight excluding hydrogens is 246 g/mol. The molecule has 3 unspecified atom stereocenters. The smallest absolute Gasteiger partial charge is 0.156 e. The van der Waals surface area contributed by atoms with E-state index in [0.29, 0.717) is 12.0 Å². The monoisotopic (exact) mass is 269 g/mol. The number of aromatic nitrogens is 2. The molecule has 106 valence electrons. The average molecular weight is 269 g/mol. The Hall–Kier alpha value is -1.64. The Bertz CT molecular complexity index is 608. The van der Waals surface area contributed by atoms with Crippen molar-refractivity contribution < 1.29 is 0 Å². The van der Waals surface area contributed by atoms with E-state index >= 15 is 0 Å². The zero-order valence-corrected chi connectivity index (χ0v) is 12.6. The Balaban J connectivity index is 1.90. The van der Waals surface area contributed by atoms with Gasteiger partial charge in [-0.25, -0.2) is 0 Å². The van der Waals surface area contributed by atoms with E-state index in [4.69, 9.17) is 0 Å². The highest BCUT2D eigenvalue weighted by atomic mass is 15.2. The van der Waals surface area contributed by atoms with E-state index in [1.54, 1.807) is 0 Å². The Morgan fingerprint density at radius 3 is 2.55 bits per heavy atom. The molecule has 3 nitrogen and oxygen atoms in total. The minimum Gasteiger partial charge on any atom is -0.365 e. The van der Waals surface area contributed by atoms with Crippen LogP contribution in [0.15, 0.2) is 24.3 Å². The summed E-state index contributed by atoms with van der Waals surface area (Å²) in [7, 11) is 0. The molecule has 0 amide bonds. The predicted octanol–water partition coefficient (Wildman–Crippen LogP) is 4.17. The molecule has 0 saturated heterocycles. The molecule has 0 aliphatic heterocycles. The molecule has 1 heterocycles. The molecule has 2 aromatic rings. The minimum atomic E-state index is 0.520. The van der Waals surface area contributed by atoms with E-state index in [9.17, 15) is 0 Å². The molecule has 0 radical (unpaired) electrons. The standard InChI is InChI=1S/C17H23N3/c1-11-8-9-16(12(2)10-11)18-17-15-7-5-4-6-14(15)13(3)19-20-17/h4-7,11-12,16H,8-10H2,1-3H3,(H,18,20). The van der Waals surface area contributed by atoms with Crippen LogP contribution < -0.4 is 5.32 Å². The van der Waals surface area contributed by atoms with E-state index < -0.39 is 0 Å². The molecule has 0 bridgehead atoms. The fraction of sp³-hybridized carbons (Fsp3) is 0.529. The number of benzene rings is 1. The third-order valence-corrected chi connectivity index (χ3v) is 4.63. The van der Waals surface area contributed by atoms with Gasteiger partial charge < -0.3 is 5.32 Å². The molecule has 1 N–H and O–H groups in total. The van der Waals surface area contributed by atoms with Crippen LogP contribution in [-0.4, -0.2) is 16.2 Å². The van der Waals surface area contributed by atoms with E-state index in [1.807, 2.05) is 6.92 Å². The predicted molar refractivity (Wildman–Crippen MR) is 83.9 cm³/mol. The zero-order chi connectivity index (χ0) is 14.1. The Kier molecular flexibility index (Phi) is 3.60. The number of hydrogen-bond acceptors (Lipinski definition) is 3. The highest BCUT2D eigenvalue weighted by molar-refractivity contribution is 5.92. The number of rotatable bonds is 2. The second-order valence-corrected chi connectivity index (χ2v) is 6.33. The third kappa shape index (κ3) is 2.49.